The molecule has 1 N–H and O–H groups in total. The van der Waals surface area contributed by atoms with Crippen molar-refractivity contribution in [3.63, 3.8) is 0 Å². The number of rotatable bonds is 5. The average Bonchev–Trinajstić information content (AvgIpc) is 2.51. The molecule has 2 aromatic rings. The molecule has 0 aromatic heterocycles. The summed E-state index contributed by atoms with van der Waals surface area (Å²) in [6.45, 7) is 0. The Morgan fingerprint density at radius 3 is 2.61 bits per heavy atom. The second kappa shape index (κ2) is 7.50. The van der Waals surface area contributed by atoms with E-state index in [0.717, 1.165) is 34.4 Å². The van der Waals surface area contributed by atoms with Crippen molar-refractivity contribution >= 4 is 33.7 Å². The number of nitrogens with zero attached hydrogens (tertiary/aromatic N) is 2. The van der Waals surface area contributed by atoms with Crippen LogP contribution < -0.4 is 10.5 Å². The van der Waals surface area contributed by atoms with Crippen LogP contribution >= 0.6 is 15.9 Å². The molecule has 0 spiro atoms. The smallest absolute Gasteiger partial charge is 0.270 e. The van der Waals surface area contributed by atoms with Crippen molar-refractivity contribution in [1.29, 1.82) is 0 Å². The average molecular weight is 377 g/mol. The molecule has 0 saturated carbocycles. The standard InChI is InChI=1S/C15H12BrN3O4/c16-12-3-1-10(2-4-12)7-15(21)18-17-9-11-8-13(19(22)23)5-6-14(11)20/h1-6,8-9,20H,7H2,(H,18,21)/p-1/b17-9-. The first-order valence-corrected chi connectivity index (χ1v) is 7.27. The molecule has 0 heterocycles. The molecule has 0 unspecified atom stereocenters. The molecule has 2 aromatic carbocycles. The summed E-state index contributed by atoms with van der Waals surface area (Å²) in [6, 6.07) is 10.5. The van der Waals surface area contributed by atoms with Gasteiger partial charge in [0.15, 0.2) is 0 Å². The van der Waals surface area contributed by atoms with Crippen LogP contribution in [-0.4, -0.2) is 17.0 Å². The maximum Gasteiger partial charge on any atom is 0.270 e. The Balaban J connectivity index is 1.98. The van der Waals surface area contributed by atoms with Gasteiger partial charge in [-0.25, -0.2) is 5.43 Å². The lowest BCUT2D eigenvalue weighted by Gasteiger charge is -2.08. The number of non-ortho nitro benzene ring substituents is 1. The highest BCUT2D eigenvalue weighted by atomic mass is 79.9. The summed E-state index contributed by atoms with van der Waals surface area (Å²) < 4.78 is 0.910. The van der Waals surface area contributed by atoms with Crippen LogP contribution in [0.1, 0.15) is 11.1 Å². The Morgan fingerprint density at radius 1 is 1.26 bits per heavy atom. The topological polar surface area (TPSA) is 108 Å². The van der Waals surface area contributed by atoms with Gasteiger partial charge in [0.05, 0.1) is 17.6 Å². The van der Waals surface area contributed by atoms with Gasteiger partial charge in [-0.3, -0.25) is 14.9 Å². The molecule has 118 valence electrons. The molecule has 0 aliphatic heterocycles. The minimum absolute atomic E-state index is 0.0307. The van der Waals surface area contributed by atoms with E-state index in [2.05, 4.69) is 26.5 Å². The van der Waals surface area contributed by atoms with Gasteiger partial charge in [0, 0.05) is 16.6 Å². The van der Waals surface area contributed by atoms with Crippen LogP contribution in [0, 0.1) is 10.1 Å². The fourth-order valence-corrected chi connectivity index (χ4v) is 2.02. The van der Waals surface area contributed by atoms with Crippen molar-refractivity contribution in [1.82, 2.24) is 5.43 Å². The third kappa shape index (κ3) is 4.89. The van der Waals surface area contributed by atoms with E-state index in [1.165, 1.54) is 0 Å². The highest BCUT2D eigenvalue weighted by molar-refractivity contribution is 9.10. The van der Waals surface area contributed by atoms with Gasteiger partial charge in [-0.1, -0.05) is 39.9 Å². The normalized spacial score (nSPS) is 10.7. The van der Waals surface area contributed by atoms with E-state index in [0.29, 0.717) is 0 Å². The minimum Gasteiger partial charge on any atom is -0.872 e. The van der Waals surface area contributed by atoms with Crippen LogP contribution in [0.4, 0.5) is 5.69 Å². The van der Waals surface area contributed by atoms with Gasteiger partial charge in [-0.15, -0.1) is 0 Å². The Hall–Kier alpha value is -2.74. The number of nitro groups is 1. The van der Waals surface area contributed by atoms with Gasteiger partial charge < -0.3 is 5.11 Å². The number of carbonyl (C=O) groups excluding carboxylic acids is 1. The Kier molecular flexibility index (Phi) is 5.42. The van der Waals surface area contributed by atoms with Gasteiger partial charge >= 0.3 is 0 Å². The summed E-state index contributed by atoms with van der Waals surface area (Å²) in [6.07, 6.45) is 1.22. The number of nitrogens with one attached hydrogen (secondary N) is 1. The molecule has 2 rings (SSSR count). The second-order valence-electron chi connectivity index (χ2n) is 4.58. The zero-order chi connectivity index (χ0) is 16.8. The van der Waals surface area contributed by atoms with Crippen molar-refractivity contribution in [2.45, 2.75) is 6.42 Å². The van der Waals surface area contributed by atoms with Crippen molar-refractivity contribution < 1.29 is 14.8 Å². The van der Waals surface area contributed by atoms with E-state index >= 15 is 0 Å². The predicted octanol–water partition coefficient (Wildman–Crippen LogP) is 2.12. The number of halogens is 1. The van der Waals surface area contributed by atoms with Crippen LogP contribution in [0.2, 0.25) is 0 Å². The third-order valence-electron chi connectivity index (χ3n) is 2.88. The molecule has 0 radical (unpaired) electrons. The number of hydrogen-bond donors (Lipinski definition) is 1. The first kappa shape index (κ1) is 16.6. The van der Waals surface area contributed by atoms with E-state index < -0.39 is 10.7 Å². The number of amides is 1. The van der Waals surface area contributed by atoms with Crippen LogP contribution in [0.5, 0.6) is 5.75 Å². The summed E-state index contributed by atoms with van der Waals surface area (Å²) in [5.74, 6) is -0.775. The summed E-state index contributed by atoms with van der Waals surface area (Å²) in [5, 5.41) is 25.9. The number of nitro benzene ring substituents is 1. The molecule has 0 saturated heterocycles. The maximum atomic E-state index is 11.7. The summed E-state index contributed by atoms with van der Waals surface area (Å²) >= 11 is 3.30. The van der Waals surface area contributed by atoms with Gasteiger partial charge in [0.2, 0.25) is 5.91 Å². The fraction of sp³-hybridized carbons (Fsp3) is 0.0667. The van der Waals surface area contributed by atoms with Crippen molar-refractivity contribution in [3.8, 4) is 5.75 Å². The zero-order valence-corrected chi connectivity index (χ0v) is 13.3. The lowest BCUT2D eigenvalue weighted by molar-refractivity contribution is -0.385. The van der Waals surface area contributed by atoms with E-state index in [1.807, 2.05) is 12.1 Å². The van der Waals surface area contributed by atoms with Gasteiger partial charge in [-0.2, -0.15) is 5.10 Å². The number of hydrazone groups is 1. The molecular weight excluding hydrogens is 366 g/mol. The van der Waals surface area contributed by atoms with Crippen LogP contribution in [0.15, 0.2) is 52.0 Å². The molecule has 0 aliphatic carbocycles. The number of benzene rings is 2. The molecule has 0 aliphatic rings. The first-order valence-electron chi connectivity index (χ1n) is 6.47. The predicted molar refractivity (Wildman–Crippen MR) is 86.1 cm³/mol. The molecule has 0 bridgehead atoms. The summed E-state index contributed by atoms with van der Waals surface area (Å²) in [7, 11) is 0. The van der Waals surface area contributed by atoms with Gasteiger partial charge in [0.25, 0.3) is 5.69 Å². The Morgan fingerprint density at radius 2 is 1.96 bits per heavy atom. The molecule has 1 amide bonds. The summed E-state index contributed by atoms with van der Waals surface area (Å²) in [5.41, 5.74) is 2.90. The highest BCUT2D eigenvalue weighted by Gasteiger charge is 2.06. The number of carbonyl (C=O) groups is 1. The monoisotopic (exact) mass is 376 g/mol. The van der Waals surface area contributed by atoms with E-state index in [9.17, 15) is 20.0 Å². The largest absolute Gasteiger partial charge is 0.872 e. The van der Waals surface area contributed by atoms with Crippen LogP contribution in [0.3, 0.4) is 0 Å². The molecule has 0 fully saturated rings. The van der Waals surface area contributed by atoms with E-state index in [1.54, 1.807) is 12.1 Å². The number of hydrogen-bond acceptors (Lipinski definition) is 5. The molecule has 23 heavy (non-hydrogen) atoms. The lowest BCUT2D eigenvalue weighted by Crippen LogP contribution is -2.19. The Labute approximate surface area is 139 Å². The molecule has 8 heteroatoms. The van der Waals surface area contributed by atoms with Gasteiger partial charge in [0.1, 0.15) is 0 Å². The molecule has 0 atom stereocenters. The third-order valence-corrected chi connectivity index (χ3v) is 3.40. The molecular formula is C15H11BrN3O4-. The van der Waals surface area contributed by atoms with Crippen LogP contribution in [-0.2, 0) is 11.2 Å². The van der Waals surface area contributed by atoms with Crippen molar-refractivity contribution in [3.05, 3.63) is 68.2 Å². The second-order valence-corrected chi connectivity index (χ2v) is 5.49. The Bertz CT molecular complexity index is 760. The lowest BCUT2D eigenvalue weighted by atomic mass is 10.1. The molecule has 7 nitrogen and oxygen atoms in total. The maximum absolute atomic E-state index is 11.7. The summed E-state index contributed by atoms with van der Waals surface area (Å²) in [4.78, 5) is 21.8. The van der Waals surface area contributed by atoms with E-state index in [4.69, 9.17) is 0 Å². The van der Waals surface area contributed by atoms with Crippen molar-refractivity contribution in [2.24, 2.45) is 5.10 Å². The minimum atomic E-state index is -0.608. The SMILES string of the molecule is O=C(Cc1ccc(Br)cc1)N/N=C\c1cc([N+](=O)[O-])ccc1[O-]. The highest BCUT2D eigenvalue weighted by Crippen LogP contribution is 2.19. The zero-order valence-electron chi connectivity index (χ0n) is 11.7. The first-order chi connectivity index (χ1) is 11.0. The quantitative estimate of drug-likeness (QED) is 0.489. The van der Waals surface area contributed by atoms with Crippen LogP contribution in [0.25, 0.3) is 0 Å². The van der Waals surface area contributed by atoms with Crippen molar-refractivity contribution in [2.75, 3.05) is 0 Å². The van der Waals surface area contributed by atoms with Gasteiger partial charge in [-0.05, 0) is 23.3 Å². The van der Waals surface area contributed by atoms with E-state index in [-0.39, 0.29) is 23.6 Å². The fourth-order valence-electron chi connectivity index (χ4n) is 1.75.